The number of benzene rings is 1. The first-order valence-corrected chi connectivity index (χ1v) is 6.43. The fourth-order valence-corrected chi connectivity index (χ4v) is 1.78. The molecule has 0 bridgehead atoms. The first kappa shape index (κ1) is 17.4. The molecule has 0 aliphatic carbocycles. The molecule has 0 saturated carbocycles. The Labute approximate surface area is 126 Å². The molecule has 7 heteroatoms. The van der Waals surface area contributed by atoms with Crippen molar-refractivity contribution in [3.63, 3.8) is 0 Å². The summed E-state index contributed by atoms with van der Waals surface area (Å²) in [5.41, 5.74) is 6.74. The largest absolute Gasteiger partial charge is 0.478 e. The minimum absolute atomic E-state index is 0.107. The first-order chi connectivity index (χ1) is 10.3. The van der Waals surface area contributed by atoms with Gasteiger partial charge in [-0.1, -0.05) is 0 Å². The quantitative estimate of drug-likeness (QED) is 0.747. The molecule has 1 aromatic carbocycles. The highest BCUT2D eigenvalue weighted by Crippen LogP contribution is 2.17. The van der Waals surface area contributed by atoms with E-state index in [2.05, 4.69) is 0 Å². The van der Waals surface area contributed by atoms with Crippen molar-refractivity contribution in [1.29, 1.82) is 0 Å². The van der Waals surface area contributed by atoms with Crippen LogP contribution in [-0.4, -0.2) is 32.8 Å². The van der Waals surface area contributed by atoms with Crippen molar-refractivity contribution in [2.45, 2.75) is 19.5 Å². The molecule has 118 valence electrons. The van der Waals surface area contributed by atoms with Gasteiger partial charge in [-0.05, 0) is 31.2 Å². The zero-order valence-electron chi connectivity index (χ0n) is 11.9. The molecule has 0 unspecified atom stereocenters. The van der Waals surface area contributed by atoms with Crippen LogP contribution >= 0.6 is 0 Å². The van der Waals surface area contributed by atoms with Crippen LogP contribution < -0.4 is 5.73 Å². The predicted molar refractivity (Wildman–Crippen MR) is 80.0 cm³/mol. The van der Waals surface area contributed by atoms with Crippen molar-refractivity contribution in [2.24, 2.45) is 5.73 Å². The van der Waals surface area contributed by atoms with Gasteiger partial charge in [-0.3, -0.25) is 0 Å². The Kier molecular flexibility index (Phi) is 6.27. The summed E-state index contributed by atoms with van der Waals surface area (Å²) in [6.07, 6.45) is 3.05. The number of carbonyl (C=O) groups is 2. The molecule has 6 nitrogen and oxygen atoms in total. The van der Waals surface area contributed by atoms with Crippen molar-refractivity contribution in [1.82, 2.24) is 4.57 Å². The van der Waals surface area contributed by atoms with Crippen LogP contribution in [0.3, 0.4) is 0 Å². The molecule has 22 heavy (non-hydrogen) atoms. The lowest BCUT2D eigenvalue weighted by molar-refractivity contribution is -0.134. The third-order valence-corrected chi connectivity index (χ3v) is 2.59. The molecule has 0 aliphatic heterocycles. The minimum atomic E-state index is -1.26. The predicted octanol–water partition coefficient (Wildman–Crippen LogP) is 1.84. The molecule has 2 aromatic rings. The zero-order valence-corrected chi connectivity index (χ0v) is 11.9. The highest BCUT2D eigenvalue weighted by molar-refractivity contribution is 5.89. The average Bonchev–Trinajstić information content (AvgIpc) is 2.78. The molecule has 1 aromatic heterocycles. The summed E-state index contributed by atoms with van der Waals surface area (Å²) in [7, 11) is 0. The molecular formula is C15H17FN2O4. The number of nitrogens with two attached hydrogens (primary N) is 1. The van der Waals surface area contributed by atoms with Crippen molar-refractivity contribution in [3.05, 3.63) is 48.4 Å². The van der Waals surface area contributed by atoms with E-state index in [1.54, 1.807) is 6.07 Å². The Hall–Kier alpha value is -2.67. The number of hydrogen-bond donors (Lipinski definition) is 3. The highest BCUT2D eigenvalue weighted by atomic mass is 19.1. The third-order valence-electron chi connectivity index (χ3n) is 2.59. The smallest absolute Gasteiger partial charge is 0.328 e. The monoisotopic (exact) mass is 308 g/mol. The van der Waals surface area contributed by atoms with E-state index < -0.39 is 11.9 Å². The lowest BCUT2D eigenvalue weighted by Crippen LogP contribution is -2.21. The fraction of sp³-hybridized carbons (Fsp3) is 0.200. The third kappa shape index (κ3) is 5.76. The number of carboxylic acids is 2. The maximum Gasteiger partial charge on any atom is 0.328 e. The van der Waals surface area contributed by atoms with E-state index in [1.807, 2.05) is 23.8 Å². The topological polar surface area (TPSA) is 106 Å². The average molecular weight is 308 g/mol. The molecule has 2 rings (SSSR count). The molecule has 0 spiro atoms. The zero-order chi connectivity index (χ0) is 16.7. The van der Waals surface area contributed by atoms with Crippen LogP contribution in [0.1, 0.15) is 6.92 Å². The number of nitrogens with zero attached hydrogens (tertiary/aromatic N) is 1. The molecule has 1 heterocycles. The number of aromatic nitrogens is 1. The van der Waals surface area contributed by atoms with Crippen LogP contribution in [0.2, 0.25) is 0 Å². The maximum absolute atomic E-state index is 12.9. The Bertz CT molecular complexity index is 676. The number of hydrogen-bond acceptors (Lipinski definition) is 3. The Morgan fingerprint density at radius 3 is 2.36 bits per heavy atom. The van der Waals surface area contributed by atoms with Gasteiger partial charge in [-0.25, -0.2) is 14.0 Å². The highest BCUT2D eigenvalue weighted by Gasteiger charge is 2.03. The van der Waals surface area contributed by atoms with Gasteiger partial charge in [0, 0.05) is 41.8 Å². The van der Waals surface area contributed by atoms with E-state index in [9.17, 15) is 14.0 Å². The van der Waals surface area contributed by atoms with Gasteiger partial charge < -0.3 is 20.5 Å². The summed E-state index contributed by atoms with van der Waals surface area (Å²) in [6.45, 7) is 2.71. The Balaban J connectivity index is 0.000000261. The lowest BCUT2D eigenvalue weighted by Gasteiger charge is -2.07. The van der Waals surface area contributed by atoms with Crippen molar-refractivity contribution in [3.8, 4) is 0 Å². The van der Waals surface area contributed by atoms with Gasteiger partial charge in [-0.2, -0.15) is 0 Å². The normalized spacial score (nSPS) is 12.0. The van der Waals surface area contributed by atoms with Crippen LogP contribution in [-0.2, 0) is 16.1 Å². The molecular weight excluding hydrogens is 291 g/mol. The molecule has 0 amide bonds. The molecule has 0 fully saturated rings. The van der Waals surface area contributed by atoms with Gasteiger partial charge in [0.25, 0.3) is 0 Å². The lowest BCUT2D eigenvalue weighted by atomic mass is 10.2. The van der Waals surface area contributed by atoms with Gasteiger partial charge in [0.1, 0.15) is 5.82 Å². The van der Waals surface area contributed by atoms with Gasteiger partial charge in [-0.15, -0.1) is 0 Å². The van der Waals surface area contributed by atoms with Crippen LogP contribution in [0.5, 0.6) is 0 Å². The SMILES string of the molecule is C[C@H](N)Cn1ccc2cc(F)ccc21.O=C(O)C=CC(=O)O. The van der Waals surface area contributed by atoms with Gasteiger partial charge in [0.2, 0.25) is 0 Å². The Morgan fingerprint density at radius 2 is 1.86 bits per heavy atom. The minimum Gasteiger partial charge on any atom is -0.478 e. The maximum atomic E-state index is 12.9. The van der Waals surface area contributed by atoms with E-state index >= 15 is 0 Å². The summed E-state index contributed by atoms with van der Waals surface area (Å²) < 4.78 is 14.9. The summed E-state index contributed by atoms with van der Waals surface area (Å²) in [5, 5.41) is 16.5. The van der Waals surface area contributed by atoms with Crippen molar-refractivity contribution < 1.29 is 24.2 Å². The second-order valence-electron chi connectivity index (χ2n) is 4.66. The second kappa shape index (κ2) is 7.94. The van der Waals surface area contributed by atoms with E-state index in [0.29, 0.717) is 12.2 Å². The number of carboxylic acid groups (broad SMARTS) is 2. The summed E-state index contributed by atoms with van der Waals surface area (Å²) in [5.74, 6) is -2.71. The fourth-order valence-electron chi connectivity index (χ4n) is 1.78. The van der Waals surface area contributed by atoms with Crippen LogP contribution in [0, 0.1) is 5.82 Å². The summed E-state index contributed by atoms with van der Waals surface area (Å²) in [6, 6.07) is 6.80. The number of fused-ring (bicyclic) bond motifs is 1. The Morgan fingerprint density at radius 1 is 1.27 bits per heavy atom. The van der Waals surface area contributed by atoms with Gasteiger partial charge >= 0.3 is 11.9 Å². The van der Waals surface area contributed by atoms with E-state index in [1.165, 1.54) is 12.1 Å². The standard InChI is InChI=1S/C11H13FN2.C4H4O4/c1-8(13)7-14-5-4-9-6-10(12)2-3-11(9)14;5-3(6)1-2-4(7)8/h2-6,8H,7,13H2,1H3;1-2H,(H,5,6)(H,7,8)/t8-;/m0./s1. The van der Waals surface area contributed by atoms with Crippen molar-refractivity contribution in [2.75, 3.05) is 0 Å². The summed E-state index contributed by atoms with van der Waals surface area (Å²) in [4.78, 5) is 19.1. The first-order valence-electron chi connectivity index (χ1n) is 6.43. The second-order valence-corrected chi connectivity index (χ2v) is 4.66. The number of halogens is 1. The van der Waals surface area contributed by atoms with Crippen LogP contribution in [0.25, 0.3) is 10.9 Å². The molecule has 0 radical (unpaired) electrons. The molecule has 4 N–H and O–H groups in total. The van der Waals surface area contributed by atoms with E-state index in [4.69, 9.17) is 15.9 Å². The van der Waals surface area contributed by atoms with Crippen LogP contribution in [0.4, 0.5) is 4.39 Å². The van der Waals surface area contributed by atoms with Gasteiger partial charge in [0.05, 0.1) is 0 Å². The van der Waals surface area contributed by atoms with Crippen molar-refractivity contribution >= 4 is 22.8 Å². The number of rotatable bonds is 4. The van der Waals surface area contributed by atoms with Crippen LogP contribution in [0.15, 0.2) is 42.6 Å². The summed E-state index contributed by atoms with van der Waals surface area (Å²) >= 11 is 0. The van der Waals surface area contributed by atoms with Gasteiger partial charge in [0.15, 0.2) is 0 Å². The molecule has 0 saturated heterocycles. The van der Waals surface area contributed by atoms with E-state index in [-0.39, 0.29) is 11.9 Å². The number of aliphatic carboxylic acids is 2. The van der Waals surface area contributed by atoms with E-state index in [0.717, 1.165) is 17.4 Å². The molecule has 0 aliphatic rings. The molecule has 1 atom stereocenters.